The minimum Gasteiger partial charge on any atom is -0.370 e. The average molecular weight is 235 g/mol. The van der Waals surface area contributed by atoms with E-state index in [-0.39, 0.29) is 10.6 Å². The second-order valence-corrected chi connectivity index (χ2v) is 4.49. The van der Waals surface area contributed by atoms with E-state index in [1.54, 1.807) is 13.0 Å². The lowest BCUT2D eigenvalue weighted by Gasteiger charge is -2.25. The predicted molar refractivity (Wildman–Crippen MR) is 67.5 cm³/mol. The molecule has 1 aliphatic rings. The SMILES string of the molecule is Cc1ccc(N(C)C2CCNC2)cc1[N+](=O)[O-]. The van der Waals surface area contributed by atoms with Gasteiger partial charge < -0.3 is 10.2 Å². The molecule has 0 radical (unpaired) electrons. The number of benzene rings is 1. The standard InChI is InChI=1S/C12H17N3O2/c1-9-3-4-10(7-12(9)15(16)17)14(2)11-5-6-13-8-11/h3-4,7,11,13H,5-6,8H2,1-2H3. The number of nitrogens with zero attached hydrogens (tertiary/aromatic N) is 2. The second-order valence-electron chi connectivity index (χ2n) is 4.49. The number of nitro benzene ring substituents is 1. The van der Waals surface area contributed by atoms with Gasteiger partial charge in [-0.2, -0.15) is 0 Å². The van der Waals surface area contributed by atoms with E-state index in [0.717, 1.165) is 25.2 Å². The van der Waals surface area contributed by atoms with Crippen LogP contribution in [0.15, 0.2) is 18.2 Å². The van der Waals surface area contributed by atoms with Crippen molar-refractivity contribution in [1.29, 1.82) is 0 Å². The van der Waals surface area contributed by atoms with Crippen LogP contribution in [-0.4, -0.2) is 31.1 Å². The quantitative estimate of drug-likeness (QED) is 0.640. The number of nitrogens with one attached hydrogen (secondary N) is 1. The number of hydrogen-bond acceptors (Lipinski definition) is 4. The summed E-state index contributed by atoms with van der Waals surface area (Å²) in [5.41, 5.74) is 1.81. The lowest BCUT2D eigenvalue weighted by Crippen LogP contribution is -2.33. The van der Waals surface area contributed by atoms with Crippen LogP contribution in [0, 0.1) is 17.0 Å². The van der Waals surface area contributed by atoms with Crippen LogP contribution in [-0.2, 0) is 0 Å². The van der Waals surface area contributed by atoms with Crippen molar-refractivity contribution in [2.75, 3.05) is 25.0 Å². The first kappa shape index (κ1) is 11.9. The zero-order valence-corrected chi connectivity index (χ0v) is 10.1. The Bertz CT molecular complexity index is 428. The van der Waals surface area contributed by atoms with E-state index in [2.05, 4.69) is 10.2 Å². The summed E-state index contributed by atoms with van der Waals surface area (Å²) in [5.74, 6) is 0. The first-order chi connectivity index (χ1) is 8.09. The molecule has 0 aromatic heterocycles. The molecule has 1 unspecified atom stereocenters. The van der Waals surface area contributed by atoms with Crippen LogP contribution >= 0.6 is 0 Å². The van der Waals surface area contributed by atoms with Gasteiger partial charge in [-0.3, -0.25) is 10.1 Å². The third kappa shape index (κ3) is 2.39. The van der Waals surface area contributed by atoms with E-state index in [1.165, 1.54) is 0 Å². The summed E-state index contributed by atoms with van der Waals surface area (Å²) in [5, 5.41) is 14.2. The summed E-state index contributed by atoms with van der Waals surface area (Å²) >= 11 is 0. The molecule has 1 aliphatic heterocycles. The number of likely N-dealkylation sites (N-methyl/N-ethyl adjacent to an activating group) is 1. The Morgan fingerprint density at radius 1 is 1.53 bits per heavy atom. The number of nitro groups is 1. The minimum atomic E-state index is -0.320. The molecule has 0 aliphatic carbocycles. The van der Waals surface area contributed by atoms with Gasteiger partial charge in [0.15, 0.2) is 0 Å². The lowest BCUT2D eigenvalue weighted by molar-refractivity contribution is -0.385. The van der Waals surface area contributed by atoms with Gasteiger partial charge in [0.1, 0.15) is 0 Å². The molecule has 0 amide bonds. The lowest BCUT2D eigenvalue weighted by atomic mass is 10.1. The van der Waals surface area contributed by atoms with Crippen molar-refractivity contribution in [3.8, 4) is 0 Å². The molecule has 1 aromatic carbocycles. The van der Waals surface area contributed by atoms with Crippen molar-refractivity contribution in [2.24, 2.45) is 0 Å². The second kappa shape index (κ2) is 4.71. The van der Waals surface area contributed by atoms with Crippen LogP contribution in [0.25, 0.3) is 0 Å². The summed E-state index contributed by atoms with van der Waals surface area (Å²) in [4.78, 5) is 12.7. The first-order valence-electron chi connectivity index (χ1n) is 5.78. The predicted octanol–water partition coefficient (Wildman–Crippen LogP) is 1.70. The van der Waals surface area contributed by atoms with Crippen LogP contribution < -0.4 is 10.2 Å². The van der Waals surface area contributed by atoms with E-state index in [4.69, 9.17) is 0 Å². The van der Waals surface area contributed by atoms with Crippen molar-refractivity contribution >= 4 is 11.4 Å². The molecular formula is C12H17N3O2. The molecule has 0 spiro atoms. The van der Waals surface area contributed by atoms with E-state index >= 15 is 0 Å². The van der Waals surface area contributed by atoms with Gasteiger partial charge in [-0.15, -0.1) is 0 Å². The molecule has 17 heavy (non-hydrogen) atoms. The summed E-state index contributed by atoms with van der Waals surface area (Å²) in [7, 11) is 1.99. The molecule has 2 rings (SSSR count). The van der Waals surface area contributed by atoms with Crippen molar-refractivity contribution in [1.82, 2.24) is 5.32 Å². The maximum atomic E-state index is 10.9. The third-order valence-corrected chi connectivity index (χ3v) is 3.38. The zero-order valence-electron chi connectivity index (χ0n) is 10.1. The highest BCUT2D eigenvalue weighted by Gasteiger charge is 2.21. The highest BCUT2D eigenvalue weighted by atomic mass is 16.6. The van der Waals surface area contributed by atoms with Crippen LogP contribution in [0.5, 0.6) is 0 Å². The van der Waals surface area contributed by atoms with Gasteiger partial charge in [0.25, 0.3) is 5.69 Å². The van der Waals surface area contributed by atoms with Crippen LogP contribution in [0.3, 0.4) is 0 Å². The molecule has 1 N–H and O–H groups in total. The summed E-state index contributed by atoms with van der Waals surface area (Å²) in [6.45, 7) is 3.72. The Morgan fingerprint density at radius 3 is 2.88 bits per heavy atom. The maximum Gasteiger partial charge on any atom is 0.274 e. The zero-order chi connectivity index (χ0) is 12.4. The van der Waals surface area contributed by atoms with E-state index in [0.29, 0.717) is 11.6 Å². The number of rotatable bonds is 3. The minimum absolute atomic E-state index is 0.195. The molecule has 1 aromatic rings. The molecule has 1 heterocycles. The Labute approximate surface area is 101 Å². The van der Waals surface area contributed by atoms with Gasteiger partial charge in [-0.1, -0.05) is 6.07 Å². The molecular weight excluding hydrogens is 218 g/mol. The van der Waals surface area contributed by atoms with Gasteiger partial charge in [0.2, 0.25) is 0 Å². The van der Waals surface area contributed by atoms with Crippen molar-refractivity contribution < 1.29 is 4.92 Å². The maximum absolute atomic E-state index is 10.9. The average Bonchev–Trinajstić information content (AvgIpc) is 2.81. The monoisotopic (exact) mass is 235 g/mol. The molecule has 0 saturated carbocycles. The smallest absolute Gasteiger partial charge is 0.274 e. The highest BCUT2D eigenvalue weighted by Crippen LogP contribution is 2.26. The van der Waals surface area contributed by atoms with Gasteiger partial charge >= 0.3 is 0 Å². The molecule has 1 saturated heterocycles. The normalized spacial score (nSPS) is 19.3. The molecule has 92 valence electrons. The number of aryl methyl sites for hydroxylation is 1. The molecule has 5 heteroatoms. The molecule has 0 bridgehead atoms. The fourth-order valence-electron chi connectivity index (χ4n) is 2.19. The van der Waals surface area contributed by atoms with E-state index in [1.807, 2.05) is 19.2 Å². The molecule has 1 atom stereocenters. The van der Waals surface area contributed by atoms with Crippen LogP contribution in [0.2, 0.25) is 0 Å². The van der Waals surface area contributed by atoms with Crippen LogP contribution in [0.1, 0.15) is 12.0 Å². The summed E-state index contributed by atoms with van der Waals surface area (Å²) < 4.78 is 0. The Hall–Kier alpha value is -1.62. The number of anilines is 1. The third-order valence-electron chi connectivity index (χ3n) is 3.38. The summed E-state index contributed by atoms with van der Waals surface area (Å²) in [6, 6.07) is 5.85. The van der Waals surface area contributed by atoms with Crippen molar-refractivity contribution in [3.05, 3.63) is 33.9 Å². The van der Waals surface area contributed by atoms with E-state index < -0.39 is 0 Å². The first-order valence-corrected chi connectivity index (χ1v) is 5.78. The fourth-order valence-corrected chi connectivity index (χ4v) is 2.19. The van der Waals surface area contributed by atoms with Gasteiger partial charge in [0.05, 0.1) is 4.92 Å². The van der Waals surface area contributed by atoms with Gasteiger partial charge in [0, 0.05) is 37.0 Å². The Morgan fingerprint density at radius 2 is 2.29 bits per heavy atom. The summed E-state index contributed by atoms with van der Waals surface area (Å²) in [6.07, 6.45) is 1.08. The topological polar surface area (TPSA) is 58.4 Å². The largest absolute Gasteiger partial charge is 0.370 e. The highest BCUT2D eigenvalue weighted by molar-refractivity contribution is 5.56. The molecule has 1 fully saturated rings. The fraction of sp³-hybridized carbons (Fsp3) is 0.500. The van der Waals surface area contributed by atoms with Crippen LogP contribution in [0.4, 0.5) is 11.4 Å². The van der Waals surface area contributed by atoms with Crippen molar-refractivity contribution in [3.63, 3.8) is 0 Å². The number of hydrogen-bond donors (Lipinski definition) is 1. The Kier molecular flexibility index (Phi) is 3.28. The van der Waals surface area contributed by atoms with E-state index in [9.17, 15) is 10.1 Å². The van der Waals surface area contributed by atoms with Gasteiger partial charge in [-0.25, -0.2) is 0 Å². The molecule has 5 nitrogen and oxygen atoms in total. The Balaban J connectivity index is 2.26. The van der Waals surface area contributed by atoms with Crippen molar-refractivity contribution in [2.45, 2.75) is 19.4 Å². The van der Waals surface area contributed by atoms with Gasteiger partial charge in [-0.05, 0) is 26.0 Å².